The zero-order valence-corrected chi connectivity index (χ0v) is 13.8. The summed E-state index contributed by atoms with van der Waals surface area (Å²) in [7, 11) is 0. The lowest BCUT2D eigenvalue weighted by atomic mass is 9.86. The van der Waals surface area contributed by atoms with Crippen molar-refractivity contribution in [2.45, 2.75) is 56.8 Å². The van der Waals surface area contributed by atoms with E-state index in [1.807, 2.05) is 27.8 Å². The van der Waals surface area contributed by atoms with Crippen molar-refractivity contribution in [2.75, 3.05) is 0 Å². The molecule has 2 fully saturated rings. The van der Waals surface area contributed by atoms with Crippen LogP contribution in [0.1, 0.15) is 32.6 Å². The van der Waals surface area contributed by atoms with Gasteiger partial charge in [-0.25, -0.2) is 4.98 Å². The van der Waals surface area contributed by atoms with Gasteiger partial charge in [0.2, 0.25) is 5.91 Å². The van der Waals surface area contributed by atoms with Gasteiger partial charge in [0.15, 0.2) is 5.15 Å². The molecule has 2 aliphatic heterocycles. The van der Waals surface area contributed by atoms with Crippen molar-refractivity contribution in [3.05, 3.63) is 29.7 Å². The zero-order chi connectivity index (χ0) is 16.2. The molecular formula is C17H20ClN3O2. The zero-order valence-electron chi connectivity index (χ0n) is 13.1. The van der Waals surface area contributed by atoms with E-state index in [4.69, 9.17) is 11.6 Å². The molecule has 2 atom stereocenters. The second-order valence-corrected chi connectivity index (χ2v) is 7.29. The van der Waals surface area contributed by atoms with E-state index in [0.717, 1.165) is 23.7 Å². The summed E-state index contributed by atoms with van der Waals surface area (Å²) >= 11 is 6.23. The number of aliphatic hydroxyl groups is 1. The molecule has 122 valence electrons. The van der Waals surface area contributed by atoms with Gasteiger partial charge in [0.25, 0.3) is 0 Å². The number of carbonyl (C=O) groups excluding carboxylic acids is 1. The van der Waals surface area contributed by atoms with Crippen LogP contribution in [0, 0.1) is 0 Å². The molecule has 5 nitrogen and oxygen atoms in total. The Balaban J connectivity index is 1.63. The topological polar surface area (TPSA) is 58.4 Å². The minimum Gasteiger partial charge on any atom is -0.388 e. The van der Waals surface area contributed by atoms with Crippen LogP contribution in [-0.2, 0) is 11.3 Å². The van der Waals surface area contributed by atoms with Gasteiger partial charge < -0.3 is 14.6 Å². The summed E-state index contributed by atoms with van der Waals surface area (Å²) in [5.74, 6) is 0.123. The number of halogens is 1. The fourth-order valence-corrected chi connectivity index (χ4v) is 4.79. The minimum atomic E-state index is -0.803. The first-order valence-electron chi connectivity index (χ1n) is 8.07. The summed E-state index contributed by atoms with van der Waals surface area (Å²) in [6.45, 7) is 2.11. The molecule has 2 bridgehead atoms. The van der Waals surface area contributed by atoms with Gasteiger partial charge in [-0.05, 0) is 37.8 Å². The Morgan fingerprint density at radius 3 is 2.74 bits per heavy atom. The number of piperidine rings is 1. The molecule has 0 radical (unpaired) electrons. The molecule has 2 saturated heterocycles. The maximum absolute atomic E-state index is 11.8. The SMILES string of the molecule is CC(=O)N1[C@H]2CC[C@H]1CC(O)(Cn1ccc3ccnc(Cl)c31)C2. The molecule has 2 aliphatic rings. The number of amides is 1. The number of hydrogen-bond acceptors (Lipinski definition) is 3. The number of fused-ring (bicyclic) bond motifs is 3. The Bertz CT molecular complexity index is 758. The van der Waals surface area contributed by atoms with Crippen LogP contribution in [0.4, 0.5) is 0 Å². The summed E-state index contributed by atoms with van der Waals surface area (Å²) in [6.07, 6.45) is 6.87. The molecule has 1 amide bonds. The van der Waals surface area contributed by atoms with Crippen LogP contribution in [0.15, 0.2) is 24.5 Å². The van der Waals surface area contributed by atoms with E-state index in [-0.39, 0.29) is 18.0 Å². The Labute approximate surface area is 139 Å². The van der Waals surface area contributed by atoms with E-state index in [2.05, 4.69) is 4.98 Å². The van der Waals surface area contributed by atoms with E-state index in [0.29, 0.717) is 24.5 Å². The molecular weight excluding hydrogens is 314 g/mol. The van der Waals surface area contributed by atoms with Crippen LogP contribution >= 0.6 is 11.6 Å². The number of aromatic nitrogens is 2. The fourth-order valence-electron chi connectivity index (χ4n) is 4.52. The number of pyridine rings is 1. The first-order chi connectivity index (χ1) is 11.0. The first kappa shape index (κ1) is 15.0. The third-order valence-electron chi connectivity index (χ3n) is 5.31. The van der Waals surface area contributed by atoms with Crippen molar-refractivity contribution in [1.29, 1.82) is 0 Å². The highest BCUT2D eigenvalue weighted by Gasteiger charge is 2.48. The number of carbonyl (C=O) groups is 1. The molecule has 2 aromatic heterocycles. The lowest BCUT2D eigenvalue weighted by Gasteiger charge is -2.43. The summed E-state index contributed by atoms with van der Waals surface area (Å²) in [6, 6.07) is 4.23. The van der Waals surface area contributed by atoms with Crippen LogP contribution in [0.2, 0.25) is 5.15 Å². The lowest BCUT2D eigenvalue weighted by molar-refractivity contribution is -0.139. The number of hydrogen-bond donors (Lipinski definition) is 1. The second-order valence-electron chi connectivity index (χ2n) is 6.93. The lowest BCUT2D eigenvalue weighted by Crippen LogP contribution is -2.54. The van der Waals surface area contributed by atoms with E-state index in [9.17, 15) is 9.90 Å². The maximum atomic E-state index is 11.8. The Hall–Kier alpha value is -1.59. The van der Waals surface area contributed by atoms with Crippen molar-refractivity contribution in [2.24, 2.45) is 0 Å². The Morgan fingerprint density at radius 1 is 1.39 bits per heavy atom. The molecule has 4 heterocycles. The van der Waals surface area contributed by atoms with Crippen LogP contribution in [-0.4, -0.2) is 43.1 Å². The predicted molar refractivity (Wildman–Crippen MR) is 88.3 cm³/mol. The van der Waals surface area contributed by atoms with E-state index in [1.165, 1.54) is 0 Å². The summed E-state index contributed by atoms with van der Waals surface area (Å²) < 4.78 is 1.99. The quantitative estimate of drug-likeness (QED) is 0.859. The molecule has 23 heavy (non-hydrogen) atoms. The highest BCUT2D eigenvalue weighted by atomic mass is 35.5. The van der Waals surface area contributed by atoms with Gasteiger partial charge in [-0.3, -0.25) is 4.79 Å². The maximum Gasteiger partial charge on any atom is 0.219 e. The number of nitrogens with zero attached hydrogens (tertiary/aromatic N) is 3. The Kier molecular flexibility index (Phi) is 3.39. The monoisotopic (exact) mass is 333 g/mol. The second kappa shape index (κ2) is 5.21. The van der Waals surface area contributed by atoms with Crippen molar-refractivity contribution in [3.8, 4) is 0 Å². The predicted octanol–water partition coefficient (Wildman–Crippen LogP) is 2.59. The van der Waals surface area contributed by atoms with Crippen molar-refractivity contribution in [3.63, 3.8) is 0 Å². The summed E-state index contributed by atoms with van der Waals surface area (Å²) in [5, 5.41) is 12.6. The molecule has 6 heteroatoms. The third-order valence-corrected chi connectivity index (χ3v) is 5.59. The van der Waals surface area contributed by atoms with Crippen molar-refractivity contribution in [1.82, 2.24) is 14.5 Å². The molecule has 0 unspecified atom stereocenters. The Morgan fingerprint density at radius 2 is 2.09 bits per heavy atom. The van der Waals surface area contributed by atoms with E-state index in [1.54, 1.807) is 13.1 Å². The molecule has 4 rings (SSSR count). The largest absolute Gasteiger partial charge is 0.388 e. The van der Waals surface area contributed by atoms with E-state index >= 15 is 0 Å². The highest BCUT2D eigenvalue weighted by Crippen LogP contribution is 2.42. The van der Waals surface area contributed by atoms with Gasteiger partial charge in [-0.15, -0.1) is 0 Å². The van der Waals surface area contributed by atoms with Gasteiger partial charge in [-0.1, -0.05) is 11.6 Å². The van der Waals surface area contributed by atoms with Gasteiger partial charge in [0, 0.05) is 36.8 Å². The van der Waals surface area contributed by atoms with E-state index < -0.39 is 5.60 Å². The van der Waals surface area contributed by atoms with Gasteiger partial charge in [0.05, 0.1) is 17.7 Å². The smallest absolute Gasteiger partial charge is 0.219 e. The highest BCUT2D eigenvalue weighted by molar-refractivity contribution is 6.33. The standard InChI is InChI=1S/C17H20ClN3O2/c1-11(22)21-13-2-3-14(21)9-17(23,8-13)10-20-7-5-12-4-6-19-16(18)15(12)20/h4-7,13-14,23H,2-3,8-10H2,1H3/t13-,14-/m0/s1. The van der Waals surface area contributed by atoms with Crippen molar-refractivity contribution >= 4 is 28.4 Å². The molecule has 0 spiro atoms. The fraction of sp³-hybridized carbons (Fsp3) is 0.529. The number of rotatable bonds is 2. The molecule has 0 aromatic carbocycles. The van der Waals surface area contributed by atoms with Crippen LogP contribution in [0.25, 0.3) is 10.9 Å². The van der Waals surface area contributed by atoms with Gasteiger partial charge in [-0.2, -0.15) is 0 Å². The molecule has 0 aliphatic carbocycles. The first-order valence-corrected chi connectivity index (χ1v) is 8.45. The molecule has 1 N–H and O–H groups in total. The van der Waals surface area contributed by atoms with Gasteiger partial charge >= 0.3 is 0 Å². The average Bonchev–Trinajstić information content (AvgIpc) is 3.00. The average molecular weight is 334 g/mol. The summed E-state index contributed by atoms with van der Waals surface area (Å²) in [4.78, 5) is 17.9. The van der Waals surface area contributed by atoms with Crippen LogP contribution in [0.5, 0.6) is 0 Å². The normalized spacial score (nSPS) is 30.1. The summed E-state index contributed by atoms with van der Waals surface area (Å²) in [5.41, 5.74) is 0.0621. The molecule has 0 saturated carbocycles. The van der Waals surface area contributed by atoms with Crippen LogP contribution < -0.4 is 0 Å². The van der Waals surface area contributed by atoms with Crippen molar-refractivity contribution < 1.29 is 9.90 Å². The minimum absolute atomic E-state index is 0.123. The van der Waals surface area contributed by atoms with Crippen LogP contribution in [0.3, 0.4) is 0 Å². The molecule has 2 aromatic rings. The third kappa shape index (κ3) is 2.42. The van der Waals surface area contributed by atoms with Gasteiger partial charge in [0.1, 0.15) is 0 Å².